The molecule has 0 amide bonds. The third-order valence-corrected chi connectivity index (χ3v) is 4.27. The number of nitro groups is 1. The molecule has 0 radical (unpaired) electrons. The van der Waals surface area contributed by atoms with Crippen molar-refractivity contribution in [2.24, 2.45) is 5.92 Å². The van der Waals surface area contributed by atoms with E-state index in [1.165, 1.54) is 11.8 Å². The summed E-state index contributed by atoms with van der Waals surface area (Å²) >= 11 is 1.36. The van der Waals surface area contributed by atoms with Gasteiger partial charge in [-0.25, -0.2) is 0 Å². The summed E-state index contributed by atoms with van der Waals surface area (Å²) < 4.78 is 5.61. The first-order chi connectivity index (χ1) is 9.94. The van der Waals surface area contributed by atoms with Crippen molar-refractivity contribution >= 4 is 11.8 Å². The Labute approximate surface area is 131 Å². The van der Waals surface area contributed by atoms with Crippen LogP contribution >= 0.6 is 11.8 Å². The summed E-state index contributed by atoms with van der Waals surface area (Å²) in [6.07, 6.45) is 4.36. The maximum absolute atomic E-state index is 10.5. The number of likely N-dealkylation sites (N-methyl/N-ethyl adjacent to an activating group) is 1. The Morgan fingerprint density at radius 1 is 1.67 bits per heavy atom. The van der Waals surface area contributed by atoms with Crippen LogP contribution in [0, 0.1) is 16.0 Å². The summed E-state index contributed by atoms with van der Waals surface area (Å²) in [4.78, 5) is 12.5. The summed E-state index contributed by atoms with van der Waals surface area (Å²) in [7, 11) is 0. The lowest BCUT2D eigenvalue weighted by Crippen LogP contribution is -2.40. The summed E-state index contributed by atoms with van der Waals surface area (Å²) in [6, 6.07) is 0.170. The zero-order valence-electron chi connectivity index (χ0n) is 13.4. The third-order valence-electron chi connectivity index (χ3n) is 3.61. The van der Waals surface area contributed by atoms with E-state index in [9.17, 15) is 10.1 Å². The highest BCUT2D eigenvalue weighted by Crippen LogP contribution is 2.20. The largest absolute Gasteiger partial charge is 0.378 e. The highest BCUT2D eigenvalue weighted by atomic mass is 32.2. The highest BCUT2D eigenvalue weighted by Gasteiger charge is 2.24. The van der Waals surface area contributed by atoms with Gasteiger partial charge < -0.3 is 15.0 Å². The molecule has 1 aliphatic rings. The van der Waals surface area contributed by atoms with E-state index in [0.717, 1.165) is 38.9 Å². The topological polar surface area (TPSA) is 67.6 Å². The van der Waals surface area contributed by atoms with Crippen molar-refractivity contribution in [2.75, 3.05) is 32.5 Å². The molecule has 0 bridgehead atoms. The molecule has 122 valence electrons. The van der Waals surface area contributed by atoms with E-state index in [1.807, 2.05) is 6.26 Å². The molecule has 1 fully saturated rings. The summed E-state index contributed by atoms with van der Waals surface area (Å²) in [5, 5.41) is 14.3. The second-order valence-corrected chi connectivity index (χ2v) is 6.47. The molecule has 0 aromatic carbocycles. The quantitative estimate of drug-likeness (QED) is 0.519. The number of rotatable bonds is 9. The van der Waals surface area contributed by atoms with E-state index in [0.29, 0.717) is 17.1 Å². The second-order valence-electron chi connectivity index (χ2n) is 5.63. The monoisotopic (exact) mass is 317 g/mol. The van der Waals surface area contributed by atoms with Gasteiger partial charge in [0, 0.05) is 19.1 Å². The Morgan fingerprint density at radius 2 is 2.38 bits per heavy atom. The van der Waals surface area contributed by atoms with Crippen molar-refractivity contribution in [3.05, 3.63) is 21.3 Å². The fourth-order valence-corrected chi connectivity index (χ4v) is 3.16. The van der Waals surface area contributed by atoms with Gasteiger partial charge in [-0.2, -0.15) is 0 Å². The molecule has 6 nitrogen and oxygen atoms in total. The van der Waals surface area contributed by atoms with Crippen LogP contribution in [-0.4, -0.2) is 54.5 Å². The first kappa shape index (κ1) is 18.3. The van der Waals surface area contributed by atoms with Crippen LogP contribution in [0.5, 0.6) is 0 Å². The Kier molecular flexibility index (Phi) is 8.06. The predicted octanol–water partition coefficient (Wildman–Crippen LogP) is 2.15. The smallest absolute Gasteiger partial charge is 0.263 e. The Morgan fingerprint density at radius 3 is 2.86 bits per heavy atom. The van der Waals surface area contributed by atoms with Crippen LogP contribution in [0.1, 0.15) is 27.2 Å². The standard InChI is InChI=1S/C14H27N3O3S/c1-5-16(8-13-6-12(3)20-10-13)7-11(2)15-14(21-4)9-17(18)19/h9,11-13,15H,5-8,10H2,1-4H3. The fourth-order valence-electron chi connectivity index (χ4n) is 2.65. The fraction of sp³-hybridized carbons (Fsp3) is 0.857. The molecular formula is C14H27N3O3S. The van der Waals surface area contributed by atoms with Crippen molar-refractivity contribution in [3.8, 4) is 0 Å². The minimum Gasteiger partial charge on any atom is -0.378 e. The zero-order valence-corrected chi connectivity index (χ0v) is 14.2. The average molecular weight is 317 g/mol. The van der Waals surface area contributed by atoms with Crippen LogP contribution in [0.2, 0.25) is 0 Å². The van der Waals surface area contributed by atoms with Crippen LogP contribution in [0.25, 0.3) is 0 Å². The SMILES string of the molecule is CCN(CC1COC(C)C1)CC(C)NC(=C[N+](=O)[O-])SC. The molecule has 21 heavy (non-hydrogen) atoms. The van der Waals surface area contributed by atoms with E-state index in [2.05, 4.69) is 31.0 Å². The van der Waals surface area contributed by atoms with E-state index >= 15 is 0 Å². The number of hydrogen-bond acceptors (Lipinski definition) is 6. The van der Waals surface area contributed by atoms with Gasteiger partial charge in [-0.15, -0.1) is 11.8 Å². The minimum atomic E-state index is -0.416. The molecule has 7 heteroatoms. The van der Waals surface area contributed by atoms with Crippen LogP contribution in [0.15, 0.2) is 11.2 Å². The number of hydrogen-bond donors (Lipinski definition) is 1. The Bertz CT molecular complexity index is 365. The number of thioether (sulfide) groups is 1. The van der Waals surface area contributed by atoms with E-state index in [-0.39, 0.29) is 6.04 Å². The Balaban J connectivity index is 2.42. The molecule has 3 atom stereocenters. The molecule has 0 aliphatic carbocycles. The van der Waals surface area contributed by atoms with Gasteiger partial charge >= 0.3 is 0 Å². The molecule has 1 N–H and O–H groups in total. The molecule has 0 aromatic rings. The minimum absolute atomic E-state index is 0.170. The van der Waals surface area contributed by atoms with Gasteiger partial charge in [-0.05, 0) is 39.0 Å². The van der Waals surface area contributed by atoms with Crippen molar-refractivity contribution < 1.29 is 9.66 Å². The van der Waals surface area contributed by atoms with Gasteiger partial charge in [0.15, 0.2) is 0 Å². The summed E-state index contributed by atoms with van der Waals surface area (Å²) in [5.41, 5.74) is 0. The summed E-state index contributed by atoms with van der Waals surface area (Å²) in [5.74, 6) is 0.599. The molecule has 0 aromatic heterocycles. The lowest BCUT2D eigenvalue weighted by Gasteiger charge is -2.27. The van der Waals surface area contributed by atoms with E-state index in [1.54, 1.807) is 0 Å². The molecule has 1 aliphatic heterocycles. The van der Waals surface area contributed by atoms with Crippen molar-refractivity contribution in [3.63, 3.8) is 0 Å². The van der Waals surface area contributed by atoms with Crippen molar-refractivity contribution in [1.82, 2.24) is 10.2 Å². The first-order valence-corrected chi connectivity index (χ1v) is 8.66. The molecule has 1 saturated heterocycles. The van der Waals surface area contributed by atoms with Crippen LogP contribution in [-0.2, 0) is 4.74 Å². The van der Waals surface area contributed by atoms with E-state index < -0.39 is 4.92 Å². The van der Waals surface area contributed by atoms with Gasteiger partial charge in [0.05, 0.1) is 17.6 Å². The van der Waals surface area contributed by atoms with Crippen LogP contribution in [0.4, 0.5) is 0 Å². The first-order valence-electron chi connectivity index (χ1n) is 7.44. The molecular weight excluding hydrogens is 290 g/mol. The van der Waals surface area contributed by atoms with Gasteiger partial charge in [-0.3, -0.25) is 10.1 Å². The second kappa shape index (κ2) is 9.27. The summed E-state index contributed by atoms with van der Waals surface area (Å²) in [6.45, 7) is 10.0. The van der Waals surface area contributed by atoms with Gasteiger partial charge in [-0.1, -0.05) is 6.92 Å². The zero-order chi connectivity index (χ0) is 15.8. The van der Waals surface area contributed by atoms with Crippen LogP contribution in [0.3, 0.4) is 0 Å². The van der Waals surface area contributed by atoms with E-state index in [4.69, 9.17) is 4.74 Å². The lowest BCUT2D eigenvalue weighted by atomic mass is 10.1. The molecule has 0 saturated carbocycles. The maximum atomic E-state index is 10.5. The number of nitrogens with zero attached hydrogens (tertiary/aromatic N) is 2. The number of ether oxygens (including phenoxy) is 1. The van der Waals surface area contributed by atoms with Gasteiger partial charge in [0.2, 0.25) is 0 Å². The normalized spacial score (nSPS) is 24.3. The lowest BCUT2D eigenvalue weighted by molar-refractivity contribution is -0.403. The maximum Gasteiger partial charge on any atom is 0.263 e. The van der Waals surface area contributed by atoms with Crippen molar-refractivity contribution in [2.45, 2.75) is 39.3 Å². The van der Waals surface area contributed by atoms with Crippen molar-refractivity contribution in [1.29, 1.82) is 0 Å². The third kappa shape index (κ3) is 7.15. The highest BCUT2D eigenvalue weighted by molar-refractivity contribution is 8.02. The van der Waals surface area contributed by atoms with Crippen LogP contribution < -0.4 is 5.32 Å². The average Bonchev–Trinajstić information content (AvgIpc) is 2.82. The molecule has 3 unspecified atom stereocenters. The van der Waals surface area contributed by atoms with Gasteiger partial charge in [0.1, 0.15) is 5.03 Å². The number of nitrogens with one attached hydrogen (secondary N) is 1. The molecule has 0 spiro atoms. The molecule has 1 rings (SSSR count). The van der Waals surface area contributed by atoms with Gasteiger partial charge in [0.25, 0.3) is 6.20 Å². The predicted molar refractivity (Wildman–Crippen MR) is 86.8 cm³/mol. The Hall–Kier alpha value is -0.790. The molecule has 1 heterocycles.